The van der Waals surface area contributed by atoms with Crippen LogP contribution in [0.5, 0.6) is 5.75 Å². The molecule has 1 aromatic heterocycles. The zero-order chi connectivity index (χ0) is 18.5. The number of nitrogens with zero attached hydrogens (tertiary/aromatic N) is 2. The summed E-state index contributed by atoms with van der Waals surface area (Å²) in [6.07, 6.45) is 1.42. The molecule has 3 rings (SSSR count). The molecule has 1 aromatic carbocycles. The zero-order valence-electron chi connectivity index (χ0n) is 14.9. The number of rotatable bonds is 5. The van der Waals surface area contributed by atoms with Gasteiger partial charge in [-0.2, -0.15) is 0 Å². The van der Waals surface area contributed by atoms with Crippen LogP contribution in [0.3, 0.4) is 0 Å². The van der Waals surface area contributed by atoms with E-state index in [2.05, 4.69) is 4.90 Å². The highest BCUT2D eigenvalue weighted by atomic mass is 16.5. The van der Waals surface area contributed by atoms with Crippen molar-refractivity contribution >= 4 is 17.6 Å². The van der Waals surface area contributed by atoms with Gasteiger partial charge in [0.05, 0.1) is 13.4 Å². The molecule has 7 heteroatoms. The lowest BCUT2D eigenvalue weighted by Gasteiger charge is -2.36. The van der Waals surface area contributed by atoms with Crippen LogP contribution in [0.1, 0.15) is 16.1 Å². The molecule has 1 aliphatic rings. The van der Waals surface area contributed by atoms with Gasteiger partial charge >= 0.3 is 5.97 Å². The first-order valence-electron chi connectivity index (χ1n) is 8.46. The summed E-state index contributed by atoms with van der Waals surface area (Å²) in [4.78, 5) is 28.1. The molecule has 0 bridgehead atoms. The third-order valence-corrected chi connectivity index (χ3v) is 4.44. The fraction of sp³-hybridized carbons (Fsp3) is 0.368. The van der Waals surface area contributed by atoms with Gasteiger partial charge in [0, 0.05) is 37.4 Å². The number of carbonyl (C=O) groups excluding carboxylic acids is 2. The third-order valence-electron chi connectivity index (χ3n) is 4.44. The molecule has 2 heterocycles. The van der Waals surface area contributed by atoms with Gasteiger partial charge in [-0.15, -0.1) is 0 Å². The standard InChI is InChI=1S/C19H22N2O5/c1-14-7-12-25-18(14)19(23)26-13-17(22)21-10-8-20(9-11-21)15-3-5-16(24-2)6-4-15/h3-7,12H,8-11,13H2,1-2H3. The molecule has 0 spiro atoms. The smallest absolute Gasteiger partial charge is 0.375 e. The Morgan fingerprint density at radius 1 is 1.08 bits per heavy atom. The molecular weight excluding hydrogens is 336 g/mol. The molecule has 0 radical (unpaired) electrons. The van der Waals surface area contributed by atoms with Gasteiger partial charge in [-0.3, -0.25) is 4.79 Å². The Balaban J connectivity index is 1.47. The van der Waals surface area contributed by atoms with Crippen LogP contribution in [-0.2, 0) is 9.53 Å². The third kappa shape index (κ3) is 3.99. The first-order valence-corrected chi connectivity index (χ1v) is 8.46. The summed E-state index contributed by atoms with van der Waals surface area (Å²) in [5, 5.41) is 0. The molecule has 138 valence electrons. The van der Waals surface area contributed by atoms with Crippen molar-refractivity contribution in [2.75, 3.05) is 44.8 Å². The summed E-state index contributed by atoms with van der Waals surface area (Å²) in [5.41, 5.74) is 1.79. The molecule has 7 nitrogen and oxygen atoms in total. The van der Waals surface area contributed by atoms with E-state index in [1.807, 2.05) is 24.3 Å². The first kappa shape index (κ1) is 17.8. The van der Waals surface area contributed by atoms with Gasteiger partial charge in [0.1, 0.15) is 5.75 Å². The van der Waals surface area contributed by atoms with E-state index < -0.39 is 5.97 Å². The number of esters is 1. The molecule has 1 saturated heterocycles. The largest absolute Gasteiger partial charge is 0.497 e. The fourth-order valence-corrected chi connectivity index (χ4v) is 2.87. The van der Waals surface area contributed by atoms with Gasteiger partial charge in [-0.1, -0.05) is 0 Å². The van der Waals surface area contributed by atoms with E-state index in [4.69, 9.17) is 13.9 Å². The van der Waals surface area contributed by atoms with Crippen molar-refractivity contribution in [3.8, 4) is 5.75 Å². The molecule has 0 atom stereocenters. The topological polar surface area (TPSA) is 72.2 Å². The molecule has 0 saturated carbocycles. The summed E-state index contributed by atoms with van der Waals surface area (Å²) in [6, 6.07) is 9.52. The van der Waals surface area contributed by atoms with Crippen molar-refractivity contribution in [2.24, 2.45) is 0 Å². The molecule has 0 aliphatic carbocycles. The van der Waals surface area contributed by atoms with E-state index in [1.54, 1.807) is 25.0 Å². The fourth-order valence-electron chi connectivity index (χ4n) is 2.87. The van der Waals surface area contributed by atoms with Gasteiger partial charge in [0.25, 0.3) is 5.91 Å². The highest BCUT2D eigenvalue weighted by molar-refractivity contribution is 5.90. The first-order chi connectivity index (χ1) is 12.6. The normalized spacial score (nSPS) is 14.2. The number of carbonyl (C=O) groups is 2. The number of ether oxygens (including phenoxy) is 2. The van der Waals surface area contributed by atoms with E-state index in [-0.39, 0.29) is 18.3 Å². The summed E-state index contributed by atoms with van der Waals surface area (Å²) in [6.45, 7) is 4.10. The number of furan rings is 1. The monoisotopic (exact) mass is 358 g/mol. The molecule has 1 fully saturated rings. The maximum atomic E-state index is 12.3. The van der Waals surface area contributed by atoms with Crippen LogP contribution in [0.15, 0.2) is 41.0 Å². The average Bonchev–Trinajstić information content (AvgIpc) is 3.12. The summed E-state index contributed by atoms with van der Waals surface area (Å²) in [5.74, 6) is 0.146. The maximum Gasteiger partial charge on any atom is 0.375 e. The van der Waals surface area contributed by atoms with E-state index >= 15 is 0 Å². The number of aryl methyl sites for hydroxylation is 1. The second-order valence-electron chi connectivity index (χ2n) is 6.07. The minimum atomic E-state index is -0.613. The SMILES string of the molecule is COc1ccc(N2CCN(C(=O)COC(=O)c3occc3C)CC2)cc1. The van der Waals surface area contributed by atoms with Crippen LogP contribution in [0.2, 0.25) is 0 Å². The Morgan fingerprint density at radius 2 is 1.77 bits per heavy atom. The lowest BCUT2D eigenvalue weighted by molar-refractivity contribution is -0.134. The second-order valence-corrected chi connectivity index (χ2v) is 6.07. The molecule has 1 aliphatic heterocycles. The van der Waals surface area contributed by atoms with Crippen LogP contribution in [0.25, 0.3) is 0 Å². The average molecular weight is 358 g/mol. The van der Waals surface area contributed by atoms with Crippen molar-refractivity contribution in [3.63, 3.8) is 0 Å². The number of anilines is 1. The van der Waals surface area contributed by atoms with Gasteiger partial charge in [0.15, 0.2) is 6.61 Å². The number of hydrogen-bond acceptors (Lipinski definition) is 6. The molecule has 0 unspecified atom stereocenters. The molecule has 1 amide bonds. The molecule has 2 aromatic rings. The zero-order valence-corrected chi connectivity index (χ0v) is 14.9. The summed E-state index contributed by atoms with van der Waals surface area (Å²) >= 11 is 0. The van der Waals surface area contributed by atoms with Crippen LogP contribution in [0, 0.1) is 6.92 Å². The minimum Gasteiger partial charge on any atom is -0.497 e. The van der Waals surface area contributed by atoms with E-state index in [1.165, 1.54) is 6.26 Å². The predicted octanol–water partition coefficient (Wildman–Crippen LogP) is 2.10. The lowest BCUT2D eigenvalue weighted by Crippen LogP contribution is -2.49. The Kier molecular flexibility index (Phi) is 5.46. The van der Waals surface area contributed by atoms with Gasteiger partial charge in [-0.25, -0.2) is 4.79 Å². The molecule has 0 N–H and O–H groups in total. The van der Waals surface area contributed by atoms with Gasteiger partial charge in [0.2, 0.25) is 5.76 Å². The number of amides is 1. The molecule has 26 heavy (non-hydrogen) atoms. The van der Waals surface area contributed by atoms with Crippen LogP contribution < -0.4 is 9.64 Å². The highest BCUT2D eigenvalue weighted by Crippen LogP contribution is 2.20. The Bertz CT molecular complexity index is 760. The van der Waals surface area contributed by atoms with Crippen molar-refractivity contribution in [1.29, 1.82) is 0 Å². The lowest BCUT2D eigenvalue weighted by atomic mass is 10.2. The number of hydrogen-bond donors (Lipinski definition) is 0. The van der Waals surface area contributed by atoms with Gasteiger partial charge < -0.3 is 23.7 Å². The highest BCUT2D eigenvalue weighted by Gasteiger charge is 2.23. The van der Waals surface area contributed by atoms with Crippen molar-refractivity contribution in [2.45, 2.75) is 6.92 Å². The number of benzene rings is 1. The van der Waals surface area contributed by atoms with Crippen molar-refractivity contribution < 1.29 is 23.5 Å². The Morgan fingerprint density at radius 3 is 2.35 bits per heavy atom. The van der Waals surface area contributed by atoms with Crippen LogP contribution >= 0.6 is 0 Å². The van der Waals surface area contributed by atoms with Crippen molar-refractivity contribution in [3.05, 3.63) is 47.9 Å². The van der Waals surface area contributed by atoms with E-state index in [0.29, 0.717) is 18.7 Å². The number of piperazine rings is 1. The van der Waals surface area contributed by atoms with E-state index in [0.717, 1.165) is 24.5 Å². The Labute approximate surface area is 152 Å². The Hall–Kier alpha value is -2.96. The molecular formula is C19H22N2O5. The maximum absolute atomic E-state index is 12.3. The summed E-state index contributed by atoms with van der Waals surface area (Å²) in [7, 11) is 1.64. The van der Waals surface area contributed by atoms with Gasteiger partial charge in [-0.05, 0) is 37.3 Å². The second kappa shape index (κ2) is 7.95. The number of methoxy groups -OCH3 is 1. The predicted molar refractivity (Wildman–Crippen MR) is 95.5 cm³/mol. The quantitative estimate of drug-likeness (QED) is 0.762. The minimum absolute atomic E-state index is 0.141. The van der Waals surface area contributed by atoms with E-state index in [9.17, 15) is 9.59 Å². The summed E-state index contributed by atoms with van der Waals surface area (Å²) < 4.78 is 15.3. The van der Waals surface area contributed by atoms with Crippen LogP contribution in [-0.4, -0.2) is 56.7 Å². The van der Waals surface area contributed by atoms with Crippen molar-refractivity contribution in [1.82, 2.24) is 4.90 Å². The van der Waals surface area contributed by atoms with Crippen LogP contribution in [0.4, 0.5) is 5.69 Å².